The summed E-state index contributed by atoms with van der Waals surface area (Å²) in [5.74, 6) is -4.32. The molecular formula is C20H28N4O10. The Balaban J connectivity index is 2.36. The van der Waals surface area contributed by atoms with Crippen LogP contribution >= 0.6 is 0 Å². The molecule has 3 amide bonds. The summed E-state index contributed by atoms with van der Waals surface area (Å²) in [4.78, 5) is 56.6. The molecule has 0 aliphatic carbocycles. The Morgan fingerprint density at radius 2 is 1.59 bits per heavy atom. The Kier molecular flexibility index (Phi) is 12.4. The van der Waals surface area contributed by atoms with Gasteiger partial charge in [-0.3, -0.25) is 10.1 Å². The number of carbonyl (C=O) groups excluding carboxylic acids is 2. The normalized spacial score (nSPS) is 13.1. The van der Waals surface area contributed by atoms with Crippen molar-refractivity contribution in [3.05, 3.63) is 35.9 Å². The zero-order valence-electron chi connectivity index (χ0n) is 18.1. The predicted molar refractivity (Wildman–Crippen MR) is 114 cm³/mol. The Bertz CT molecular complexity index is 836. The van der Waals surface area contributed by atoms with Gasteiger partial charge in [0, 0.05) is 13.0 Å². The summed E-state index contributed by atoms with van der Waals surface area (Å²) in [7, 11) is 0. The van der Waals surface area contributed by atoms with E-state index in [1.807, 2.05) is 16.7 Å². The lowest BCUT2D eigenvalue weighted by molar-refractivity contribution is -0.141. The summed E-state index contributed by atoms with van der Waals surface area (Å²) < 4.78 is 5.02. The maximum Gasteiger partial charge on any atom is 0.407 e. The lowest BCUT2D eigenvalue weighted by atomic mass is 10.1. The minimum absolute atomic E-state index is 0.00239. The van der Waals surface area contributed by atoms with Gasteiger partial charge in [0.05, 0.1) is 0 Å². The summed E-state index contributed by atoms with van der Waals surface area (Å²) in [5.41, 5.74) is 0.810. The number of carbonyl (C=O) groups is 5. The van der Waals surface area contributed by atoms with Gasteiger partial charge in [-0.15, -0.1) is 0 Å². The van der Waals surface area contributed by atoms with Gasteiger partial charge in [-0.1, -0.05) is 30.3 Å². The molecule has 0 aliphatic heterocycles. The number of aliphatic hydroxyl groups is 1. The molecule has 0 heterocycles. The van der Waals surface area contributed by atoms with Crippen molar-refractivity contribution in [1.29, 1.82) is 0 Å². The van der Waals surface area contributed by atoms with Crippen molar-refractivity contribution in [3.8, 4) is 0 Å². The van der Waals surface area contributed by atoms with Crippen LogP contribution < -0.4 is 21.3 Å². The number of ether oxygens (including phenoxy) is 1. The van der Waals surface area contributed by atoms with Crippen molar-refractivity contribution in [1.82, 2.24) is 21.3 Å². The molecule has 8 N–H and O–H groups in total. The number of nitrogens with one attached hydrogen (secondary N) is 4. The highest BCUT2D eigenvalue weighted by molar-refractivity contribution is 5.86. The van der Waals surface area contributed by atoms with Crippen molar-refractivity contribution in [3.63, 3.8) is 0 Å². The maximum atomic E-state index is 11.9. The molecule has 0 aromatic heterocycles. The summed E-state index contributed by atoms with van der Waals surface area (Å²) in [6, 6.07) is 6.28. The van der Waals surface area contributed by atoms with E-state index in [0.717, 1.165) is 5.56 Å². The van der Waals surface area contributed by atoms with Gasteiger partial charge in [-0.2, -0.15) is 0 Å². The number of carboxylic acid groups (broad SMARTS) is 3. The van der Waals surface area contributed by atoms with Crippen LogP contribution in [0.1, 0.15) is 31.2 Å². The number of carboxylic acids is 3. The fraction of sp³-hybridized carbons (Fsp3) is 0.450. The maximum absolute atomic E-state index is 11.9. The quantitative estimate of drug-likeness (QED) is 0.118. The molecule has 14 heteroatoms. The molecule has 0 saturated heterocycles. The van der Waals surface area contributed by atoms with Crippen LogP contribution in [0.2, 0.25) is 0 Å². The standard InChI is InChI=1S/C20H28N4O10/c25-14(7-4-10-21-20(33)34-11-12-5-2-1-3-6-12)23-16(18(30)31)24-19(32)22-13(17(28)29)8-9-15(26)27/h1-3,5-6,13-14,16,23,25H,4,7-11H2,(H,21,33)(H,26,27)(H,28,29)(H,30,31)(H2,22,24,32)/t13-,14?,16+/m0/s1. The molecule has 0 aliphatic rings. The van der Waals surface area contributed by atoms with E-state index in [1.165, 1.54) is 0 Å². The van der Waals surface area contributed by atoms with Crippen LogP contribution in [0.25, 0.3) is 0 Å². The van der Waals surface area contributed by atoms with E-state index in [2.05, 4.69) is 10.6 Å². The van der Waals surface area contributed by atoms with Gasteiger partial charge in [0.25, 0.3) is 0 Å². The van der Waals surface area contributed by atoms with Gasteiger partial charge in [-0.25, -0.2) is 19.2 Å². The van der Waals surface area contributed by atoms with Crippen LogP contribution in [-0.2, 0) is 25.7 Å². The molecule has 0 spiro atoms. The number of alkyl carbamates (subject to hydrolysis) is 1. The number of aliphatic carboxylic acids is 3. The van der Waals surface area contributed by atoms with E-state index >= 15 is 0 Å². The highest BCUT2D eigenvalue weighted by atomic mass is 16.5. The molecule has 1 rings (SSSR count). The van der Waals surface area contributed by atoms with Crippen LogP contribution in [0.3, 0.4) is 0 Å². The van der Waals surface area contributed by atoms with Crippen LogP contribution in [0.4, 0.5) is 9.59 Å². The summed E-state index contributed by atoms with van der Waals surface area (Å²) in [6.45, 7) is 0.214. The van der Waals surface area contributed by atoms with Gasteiger partial charge in [-0.05, 0) is 24.8 Å². The monoisotopic (exact) mass is 484 g/mol. The topological polar surface area (TPSA) is 224 Å². The summed E-state index contributed by atoms with van der Waals surface area (Å²) in [6.07, 6.45) is -4.51. The fourth-order valence-corrected chi connectivity index (χ4v) is 2.57. The largest absolute Gasteiger partial charge is 0.481 e. The van der Waals surface area contributed by atoms with E-state index in [4.69, 9.17) is 14.9 Å². The fourth-order valence-electron chi connectivity index (χ4n) is 2.57. The molecule has 3 atom stereocenters. The third-order valence-corrected chi connectivity index (χ3v) is 4.27. The number of urea groups is 1. The van der Waals surface area contributed by atoms with Crippen molar-refractivity contribution in [2.24, 2.45) is 0 Å². The number of hydrogen-bond acceptors (Lipinski definition) is 8. The van der Waals surface area contributed by atoms with Crippen LogP contribution in [-0.4, -0.2) is 75.4 Å². The van der Waals surface area contributed by atoms with E-state index < -0.39 is 61.3 Å². The molecule has 14 nitrogen and oxygen atoms in total. The average Bonchev–Trinajstić information content (AvgIpc) is 2.78. The Morgan fingerprint density at radius 3 is 2.18 bits per heavy atom. The second kappa shape index (κ2) is 15.0. The number of amides is 3. The Hall–Kier alpha value is -3.91. The number of rotatable bonds is 15. The molecule has 0 fully saturated rings. The van der Waals surface area contributed by atoms with E-state index in [-0.39, 0.29) is 26.0 Å². The smallest absolute Gasteiger partial charge is 0.407 e. The second-order valence-corrected chi connectivity index (χ2v) is 7.03. The zero-order chi connectivity index (χ0) is 25.5. The zero-order valence-corrected chi connectivity index (χ0v) is 18.1. The van der Waals surface area contributed by atoms with E-state index in [9.17, 15) is 34.2 Å². The third kappa shape index (κ3) is 12.2. The van der Waals surface area contributed by atoms with E-state index in [0.29, 0.717) is 0 Å². The Labute approximate surface area is 194 Å². The van der Waals surface area contributed by atoms with Crippen molar-refractivity contribution in [2.75, 3.05) is 6.54 Å². The van der Waals surface area contributed by atoms with Gasteiger partial charge in [0.15, 0.2) is 6.17 Å². The van der Waals surface area contributed by atoms with Crippen LogP contribution in [0, 0.1) is 0 Å². The SMILES string of the molecule is O=C(O)CC[C@H](NC(=O)N[C@@H](NC(O)CCCNC(=O)OCc1ccccc1)C(=O)O)C(=O)O. The molecule has 34 heavy (non-hydrogen) atoms. The molecule has 1 aromatic rings. The molecule has 0 bridgehead atoms. The molecule has 1 unspecified atom stereocenters. The first-order valence-corrected chi connectivity index (χ1v) is 10.2. The first kappa shape index (κ1) is 28.1. The average molecular weight is 484 g/mol. The van der Waals surface area contributed by atoms with Gasteiger partial charge in [0.2, 0.25) is 0 Å². The number of aliphatic hydroxyl groups excluding tert-OH is 1. The number of benzene rings is 1. The second-order valence-electron chi connectivity index (χ2n) is 7.03. The van der Waals surface area contributed by atoms with Gasteiger partial charge in [0.1, 0.15) is 18.9 Å². The van der Waals surface area contributed by atoms with Crippen molar-refractivity contribution < 1.29 is 49.1 Å². The van der Waals surface area contributed by atoms with Gasteiger partial charge < -0.3 is 41.1 Å². The number of hydrogen-bond donors (Lipinski definition) is 8. The van der Waals surface area contributed by atoms with Crippen molar-refractivity contribution >= 4 is 30.0 Å². The minimum atomic E-state index is -1.77. The van der Waals surface area contributed by atoms with Crippen LogP contribution in [0.15, 0.2) is 30.3 Å². The minimum Gasteiger partial charge on any atom is -0.481 e. The lowest BCUT2D eigenvalue weighted by Gasteiger charge is -2.22. The highest BCUT2D eigenvalue weighted by Crippen LogP contribution is 2.01. The predicted octanol–water partition coefficient (Wildman–Crippen LogP) is -0.371. The molecule has 188 valence electrons. The molecule has 0 radical (unpaired) electrons. The molecule has 1 aromatic carbocycles. The third-order valence-electron chi connectivity index (χ3n) is 4.27. The van der Waals surface area contributed by atoms with Crippen molar-refractivity contribution in [2.45, 2.75) is 50.7 Å². The summed E-state index contributed by atoms with van der Waals surface area (Å²) in [5, 5.41) is 45.4. The first-order valence-electron chi connectivity index (χ1n) is 10.2. The summed E-state index contributed by atoms with van der Waals surface area (Å²) >= 11 is 0. The Morgan fingerprint density at radius 1 is 0.912 bits per heavy atom. The van der Waals surface area contributed by atoms with Gasteiger partial charge >= 0.3 is 30.0 Å². The first-order chi connectivity index (χ1) is 16.1. The molecular weight excluding hydrogens is 456 g/mol. The van der Waals surface area contributed by atoms with E-state index in [1.54, 1.807) is 24.3 Å². The highest BCUT2D eigenvalue weighted by Gasteiger charge is 2.26. The molecule has 0 saturated carbocycles. The lowest BCUT2D eigenvalue weighted by Crippen LogP contribution is -2.58. The van der Waals surface area contributed by atoms with Crippen LogP contribution in [0.5, 0.6) is 0 Å².